The number of likely N-dealkylation sites (N-methyl/N-ethyl adjacent to an activating group) is 1. The van der Waals surface area contributed by atoms with Crippen LogP contribution in [0.2, 0.25) is 0 Å². The Morgan fingerprint density at radius 1 is 1.05 bits per heavy atom. The highest BCUT2D eigenvalue weighted by Crippen LogP contribution is 2.09. The van der Waals surface area contributed by atoms with Crippen LogP contribution in [-0.4, -0.2) is 30.3 Å². The Morgan fingerprint density at radius 2 is 1.85 bits per heavy atom. The molecule has 4 nitrogen and oxygen atoms in total. The van der Waals surface area contributed by atoms with Crippen molar-refractivity contribution in [2.24, 2.45) is 0 Å². The molecule has 1 N–H and O–H groups in total. The van der Waals surface area contributed by atoms with Crippen LogP contribution in [0.1, 0.15) is 18.2 Å². The van der Waals surface area contributed by atoms with E-state index in [9.17, 15) is 0 Å². The maximum absolute atomic E-state index is 4.28. The lowest BCUT2D eigenvalue weighted by atomic mass is 10.1. The normalized spacial score (nSPS) is 10.5. The predicted molar refractivity (Wildman–Crippen MR) is 82.8 cm³/mol. The third kappa shape index (κ3) is 4.31. The fourth-order valence-electron chi connectivity index (χ4n) is 1.96. The molecule has 20 heavy (non-hydrogen) atoms. The maximum Gasteiger partial charge on any atom is 0.150 e. The number of hydrogen-bond acceptors (Lipinski definition) is 4. The second-order valence-corrected chi connectivity index (χ2v) is 4.82. The molecular weight excluding hydrogens is 248 g/mol. The minimum Gasteiger partial charge on any atom is -0.358 e. The highest BCUT2D eigenvalue weighted by atomic mass is 15.2. The fraction of sp³-hybridized carbons (Fsp3) is 0.375. The van der Waals surface area contributed by atoms with Crippen molar-refractivity contribution in [2.45, 2.75) is 19.9 Å². The molecule has 1 aromatic carbocycles. The van der Waals surface area contributed by atoms with Crippen molar-refractivity contribution in [1.29, 1.82) is 0 Å². The topological polar surface area (TPSA) is 41.0 Å². The van der Waals surface area contributed by atoms with Crippen molar-refractivity contribution in [2.75, 3.05) is 25.0 Å². The van der Waals surface area contributed by atoms with E-state index in [4.69, 9.17) is 0 Å². The molecule has 0 spiro atoms. The van der Waals surface area contributed by atoms with Crippen LogP contribution in [0.3, 0.4) is 0 Å². The molecule has 0 fully saturated rings. The third-order valence-corrected chi connectivity index (χ3v) is 3.23. The van der Waals surface area contributed by atoms with E-state index in [0.29, 0.717) is 0 Å². The van der Waals surface area contributed by atoms with Gasteiger partial charge in [0.05, 0.1) is 5.69 Å². The summed E-state index contributed by atoms with van der Waals surface area (Å²) in [5.74, 6) is 0.918. The Morgan fingerprint density at radius 3 is 2.50 bits per heavy atom. The zero-order chi connectivity index (χ0) is 14.2. The second-order valence-electron chi connectivity index (χ2n) is 4.82. The van der Waals surface area contributed by atoms with Crippen LogP contribution in [0, 0.1) is 0 Å². The number of benzene rings is 1. The molecule has 106 valence electrons. The van der Waals surface area contributed by atoms with Gasteiger partial charge in [0, 0.05) is 20.1 Å². The van der Waals surface area contributed by atoms with Crippen LogP contribution in [0.15, 0.2) is 42.5 Å². The first-order chi connectivity index (χ1) is 9.79. The van der Waals surface area contributed by atoms with Crippen LogP contribution in [0.25, 0.3) is 0 Å². The van der Waals surface area contributed by atoms with E-state index in [0.717, 1.165) is 37.6 Å². The van der Waals surface area contributed by atoms with Crippen molar-refractivity contribution in [3.05, 3.63) is 53.7 Å². The molecule has 0 amide bonds. The molecule has 0 atom stereocenters. The molecule has 0 unspecified atom stereocenters. The SMILES string of the molecule is CCNCc1ccc(N(C)CCc2ccccc2)nn1. The first-order valence-electron chi connectivity index (χ1n) is 7.08. The van der Waals surface area contributed by atoms with Crippen molar-refractivity contribution >= 4 is 5.82 Å². The van der Waals surface area contributed by atoms with E-state index >= 15 is 0 Å². The minimum absolute atomic E-state index is 0.775. The van der Waals surface area contributed by atoms with E-state index in [-0.39, 0.29) is 0 Å². The first-order valence-corrected chi connectivity index (χ1v) is 7.08. The number of nitrogens with zero attached hydrogens (tertiary/aromatic N) is 3. The summed E-state index contributed by atoms with van der Waals surface area (Å²) >= 11 is 0. The number of nitrogens with one attached hydrogen (secondary N) is 1. The Labute approximate surface area is 120 Å². The van der Waals surface area contributed by atoms with E-state index < -0.39 is 0 Å². The molecular formula is C16H22N4. The lowest BCUT2D eigenvalue weighted by Gasteiger charge is -2.17. The smallest absolute Gasteiger partial charge is 0.150 e. The van der Waals surface area contributed by atoms with Crippen LogP contribution in [0.5, 0.6) is 0 Å². The summed E-state index contributed by atoms with van der Waals surface area (Å²) in [6.07, 6.45) is 1.01. The summed E-state index contributed by atoms with van der Waals surface area (Å²) in [5.41, 5.74) is 2.32. The van der Waals surface area contributed by atoms with E-state index in [2.05, 4.69) is 58.7 Å². The molecule has 2 rings (SSSR count). The van der Waals surface area contributed by atoms with Crippen LogP contribution in [-0.2, 0) is 13.0 Å². The van der Waals surface area contributed by atoms with Gasteiger partial charge in [-0.05, 0) is 30.7 Å². The lowest BCUT2D eigenvalue weighted by Crippen LogP contribution is -2.22. The summed E-state index contributed by atoms with van der Waals surface area (Å²) in [5, 5.41) is 11.8. The van der Waals surface area contributed by atoms with Crippen molar-refractivity contribution in [3.63, 3.8) is 0 Å². The van der Waals surface area contributed by atoms with Crippen molar-refractivity contribution < 1.29 is 0 Å². The first kappa shape index (κ1) is 14.5. The van der Waals surface area contributed by atoms with Gasteiger partial charge >= 0.3 is 0 Å². The summed E-state index contributed by atoms with van der Waals surface area (Å²) in [4.78, 5) is 2.14. The average molecular weight is 270 g/mol. The van der Waals surface area contributed by atoms with E-state index in [1.54, 1.807) is 0 Å². The molecule has 0 bridgehead atoms. The van der Waals surface area contributed by atoms with Crippen LogP contribution >= 0.6 is 0 Å². The number of rotatable bonds is 7. The van der Waals surface area contributed by atoms with E-state index in [1.165, 1.54) is 5.56 Å². The molecule has 0 aliphatic rings. The Bertz CT molecular complexity index is 496. The molecule has 0 aliphatic carbocycles. The van der Waals surface area contributed by atoms with Gasteiger partial charge in [0.25, 0.3) is 0 Å². The average Bonchev–Trinajstić information content (AvgIpc) is 2.52. The van der Waals surface area contributed by atoms with Crippen molar-refractivity contribution in [1.82, 2.24) is 15.5 Å². The van der Waals surface area contributed by atoms with Gasteiger partial charge in [-0.1, -0.05) is 37.3 Å². The Kier molecular flexibility index (Phi) is 5.50. The van der Waals surface area contributed by atoms with Crippen LogP contribution < -0.4 is 10.2 Å². The van der Waals surface area contributed by atoms with Gasteiger partial charge in [-0.2, -0.15) is 5.10 Å². The Balaban J connectivity index is 1.87. The molecule has 1 heterocycles. The lowest BCUT2D eigenvalue weighted by molar-refractivity contribution is 0.696. The van der Waals surface area contributed by atoms with Crippen molar-refractivity contribution in [3.8, 4) is 0 Å². The highest BCUT2D eigenvalue weighted by Gasteiger charge is 2.04. The highest BCUT2D eigenvalue weighted by molar-refractivity contribution is 5.36. The van der Waals surface area contributed by atoms with Gasteiger partial charge in [-0.25, -0.2) is 0 Å². The van der Waals surface area contributed by atoms with E-state index in [1.807, 2.05) is 18.2 Å². The van der Waals surface area contributed by atoms with Gasteiger partial charge < -0.3 is 10.2 Å². The molecule has 0 saturated heterocycles. The summed E-state index contributed by atoms with van der Waals surface area (Å²) in [6, 6.07) is 14.6. The van der Waals surface area contributed by atoms with Gasteiger partial charge in [0.15, 0.2) is 5.82 Å². The Hall–Kier alpha value is -1.94. The molecule has 2 aromatic rings. The molecule has 1 aromatic heterocycles. The molecule has 0 saturated carbocycles. The summed E-state index contributed by atoms with van der Waals surface area (Å²) in [7, 11) is 2.05. The molecule has 0 radical (unpaired) electrons. The number of anilines is 1. The summed E-state index contributed by atoms with van der Waals surface area (Å²) in [6.45, 7) is 4.74. The summed E-state index contributed by atoms with van der Waals surface area (Å²) < 4.78 is 0. The molecule has 4 heteroatoms. The maximum atomic E-state index is 4.28. The third-order valence-electron chi connectivity index (χ3n) is 3.23. The fourth-order valence-corrected chi connectivity index (χ4v) is 1.96. The molecule has 0 aliphatic heterocycles. The van der Waals surface area contributed by atoms with Gasteiger partial charge in [-0.3, -0.25) is 0 Å². The zero-order valence-corrected chi connectivity index (χ0v) is 12.2. The van der Waals surface area contributed by atoms with Gasteiger partial charge in [0.2, 0.25) is 0 Å². The standard InChI is InChI=1S/C16H22N4/c1-3-17-13-15-9-10-16(19-18-15)20(2)12-11-14-7-5-4-6-8-14/h4-10,17H,3,11-13H2,1-2H3. The quantitative estimate of drug-likeness (QED) is 0.838. The monoisotopic (exact) mass is 270 g/mol. The zero-order valence-electron chi connectivity index (χ0n) is 12.2. The van der Waals surface area contributed by atoms with Gasteiger partial charge in [0.1, 0.15) is 0 Å². The number of hydrogen-bond donors (Lipinski definition) is 1. The largest absolute Gasteiger partial charge is 0.358 e. The second kappa shape index (κ2) is 7.60. The number of aromatic nitrogens is 2. The predicted octanol–water partition coefficient (Wildman–Crippen LogP) is 2.27. The van der Waals surface area contributed by atoms with Gasteiger partial charge in [-0.15, -0.1) is 5.10 Å². The van der Waals surface area contributed by atoms with Crippen LogP contribution in [0.4, 0.5) is 5.82 Å². The minimum atomic E-state index is 0.775.